The molecule has 1 N–H and O–H groups in total. The van der Waals surface area contributed by atoms with Crippen LogP contribution >= 0.6 is 22.9 Å². The highest BCUT2D eigenvalue weighted by Crippen LogP contribution is 2.34. The number of hydrogen-bond donors (Lipinski definition) is 1. The van der Waals surface area contributed by atoms with Crippen molar-refractivity contribution in [2.75, 3.05) is 5.32 Å². The first-order valence-electron chi connectivity index (χ1n) is 4.61. The van der Waals surface area contributed by atoms with E-state index < -0.39 is 0 Å². The number of aromatic nitrogens is 1. The first kappa shape index (κ1) is 9.28. The van der Waals surface area contributed by atoms with Crippen molar-refractivity contribution in [3.8, 4) is 0 Å². The van der Waals surface area contributed by atoms with Gasteiger partial charge in [0.05, 0.1) is 0 Å². The first-order chi connectivity index (χ1) is 6.24. The molecule has 2 rings (SSSR count). The van der Waals surface area contributed by atoms with Crippen LogP contribution in [0.1, 0.15) is 26.2 Å². The Balaban J connectivity index is 1.82. The van der Waals surface area contributed by atoms with Gasteiger partial charge in [-0.1, -0.05) is 24.4 Å². The fourth-order valence-electron chi connectivity index (χ4n) is 1.44. The van der Waals surface area contributed by atoms with E-state index in [4.69, 9.17) is 11.6 Å². The molecular weight excluding hydrogens is 204 g/mol. The van der Waals surface area contributed by atoms with Gasteiger partial charge < -0.3 is 5.32 Å². The van der Waals surface area contributed by atoms with Crippen molar-refractivity contribution in [2.24, 2.45) is 5.92 Å². The Kier molecular flexibility index (Phi) is 2.74. The SMILES string of the molecule is CC(CC1CC1)Nc1nc(Cl)cs1. The van der Waals surface area contributed by atoms with Crippen LogP contribution in [-0.4, -0.2) is 11.0 Å². The van der Waals surface area contributed by atoms with E-state index in [-0.39, 0.29) is 0 Å². The molecule has 1 atom stereocenters. The summed E-state index contributed by atoms with van der Waals surface area (Å²) in [7, 11) is 0. The maximum absolute atomic E-state index is 5.72. The van der Waals surface area contributed by atoms with Crippen molar-refractivity contribution in [3.63, 3.8) is 0 Å². The van der Waals surface area contributed by atoms with Gasteiger partial charge >= 0.3 is 0 Å². The zero-order valence-electron chi connectivity index (χ0n) is 7.59. The molecule has 0 amide bonds. The molecule has 72 valence electrons. The maximum atomic E-state index is 5.72. The van der Waals surface area contributed by atoms with Crippen molar-refractivity contribution >= 4 is 28.1 Å². The van der Waals surface area contributed by atoms with E-state index in [2.05, 4.69) is 17.2 Å². The minimum atomic E-state index is 0.523. The highest BCUT2D eigenvalue weighted by atomic mass is 35.5. The number of halogens is 1. The molecule has 0 aromatic carbocycles. The molecule has 1 aliphatic rings. The molecule has 1 saturated carbocycles. The maximum Gasteiger partial charge on any atom is 0.184 e. The topological polar surface area (TPSA) is 24.9 Å². The van der Waals surface area contributed by atoms with Gasteiger partial charge in [-0.15, -0.1) is 11.3 Å². The summed E-state index contributed by atoms with van der Waals surface area (Å²) in [6.07, 6.45) is 4.08. The van der Waals surface area contributed by atoms with Gasteiger partial charge in [-0.25, -0.2) is 4.98 Å². The normalized spacial score (nSPS) is 18.6. The highest BCUT2D eigenvalue weighted by Gasteiger charge is 2.23. The van der Waals surface area contributed by atoms with E-state index in [0.29, 0.717) is 11.2 Å². The summed E-state index contributed by atoms with van der Waals surface area (Å²) in [5.41, 5.74) is 0. The molecule has 1 aromatic rings. The van der Waals surface area contributed by atoms with E-state index in [1.54, 1.807) is 11.3 Å². The standard InChI is InChI=1S/C9H13ClN2S/c1-6(4-7-2-3-7)11-9-12-8(10)5-13-9/h5-7H,2-4H2,1H3,(H,11,12). The summed E-state index contributed by atoms with van der Waals surface area (Å²) < 4.78 is 0. The molecule has 4 heteroatoms. The Hall–Kier alpha value is -0.280. The second-order valence-electron chi connectivity index (χ2n) is 3.70. The fourth-order valence-corrected chi connectivity index (χ4v) is 2.39. The van der Waals surface area contributed by atoms with Crippen LogP contribution in [0.25, 0.3) is 0 Å². The predicted octanol–water partition coefficient (Wildman–Crippen LogP) is 3.40. The minimum absolute atomic E-state index is 0.523. The molecule has 1 aliphatic carbocycles. The van der Waals surface area contributed by atoms with Crippen LogP contribution in [0.4, 0.5) is 5.13 Å². The van der Waals surface area contributed by atoms with Gasteiger partial charge in [0.15, 0.2) is 5.13 Å². The van der Waals surface area contributed by atoms with Gasteiger partial charge in [-0.2, -0.15) is 0 Å². The zero-order valence-corrected chi connectivity index (χ0v) is 9.16. The van der Waals surface area contributed by atoms with E-state index >= 15 is 0 Å². The number of rotatable bonds is 4. The van der Waals surface area contributed by atoms with Gasteiger partial charge in [-0.05, 0) is 19.3 Å². The molecule has 0 aliphatic heterocycles. The summed E-state index contributed by atoms with van der Waals surface area (Å²) >= 11 is 7.29. The Morgan fingerprint density at radius 1 is 1.77 bits per heavy atom. The Morgan fingerprint density at radius 3 is 3.08 bits per heavy atom. The molecule has 2 nitrogen and oxygen atoms in total. The number of nitrogens with zero attached hydrogens (tertiary/aromatic N) is 1. The predicted molar refractivity (Wildman–Crippen MR) is 57.5 cm³/mol. The number of hydrogen-bond acceptors (Lipinski definition) is 3. The molecule has 0 saturated heterocycles. The molecule has 13 heavy (non-hydrogen) atoms. The summed E-state index contributed by atoms with van der Waals surface area (Å²) in [5.74, 6) is 0.956. The lowest BCUT2D eigenvalue weighted by molar-refractivity contribution is 0.642. The first-order valence-corrected chi connectivity index (χ1v) is 5.87. The zero-order chi connectivity index (χ0) is 9.26. The van der Waals surface area contributed by atoms with E-state index in [1.807, 2.05) is 5.38 Å². The van der Waals surface area contributed by atoms with Crippen LogP contribution in [0.2, 0.25) is 5.15 Å². The van der Waals surface area contributed by atoms with Crippen molar-refractivity contribution in [1.29, 1.82) is 0 Å². The second kappa shape index (κ2) is 3.84. The van der Waals surface area contributed by atoms with Crippen molar-refractivity contribution in [2.45, 2.75) is 32.2 Å². The summed E-state index contributed by atoms with van der Waals surface area (Å²) in [6.45, 7) is 2.20. The van der Waals surface area contributed by atoms with Crippen LogP contribution < -0.4 is 5.32 Å². The smallest absolute Gasteiger partial charge is 0.184 e. The molecule has 0 bridgehead atoms. The van der Waals surface area contributed by atoms with Crippen molar-refractivity contribution in [1.82, 2.24) is 4.98 Å². The lowest BCUT2D eigenvalue weighted by Crippen LogP contribution is -2.15. The van der Waals surface area contributed by atoms with Crippen LogP contribution in [0.15, 0.2) is 5.38 Å². The number of nitrogens with one attached hydrogen (secondary N) is 1. The van der Waals surface area contributed by atoms with Gasteiger partial charge in [0.25, 0.3) is 0 Å². The lowest BCUT2D eigenvalue weighted by Gasteiger charge is -2.11. The number of thiazole rings is 1. The average Bonchev–Trinajstić information content (AvgIpc) is 2.76. The third kappa shape index (κ3) is 2.85. The summed E-state index contributed by atoms with van der Waals surface area (Å²) in [4.78, 5) is 4.15. The van der Waals surface area contributed by atoms with E-state index in [1.165, 1.54) is 19.3 Å². The summed E-state index contributed by atoms with van der Waals surface area (Å²) in [6, 6.07) is 0.523. The van der Waals surface area contributed by atoms with E-state index in [9.17, 15) is 0 Å². The van der Waals surface area contributed by atoms with Gasteiger partial charge in [0, 0.05) is 11.4 Å². The molecule has 1 unspecified atom stereocenters. The Bertz CT molecular complexity index is 283. The highest BCUT2D eigenvalue weighted by molar-refractivity contribution is 7.14. The minimum Gasteiger partial charge on any atom is -0.359 e. The number of anilines is 1. The van der Waals surface area contributed by atoms with Crippen LogP contribution in [0, 0.1) is 5.92 Å². The van der Waals surface area contributed by atoms with E-state index in [0.717, 1.165) is 11.0 Å². The Morgan fingerprint density at radius 2 is 2.54 bits per heavy atom. The van der Waals surface area contributed by atoms with Crippen LogP contribution in [0.5, 0.6) is 0 Å². The van der Waals surface area contributed by atoms with Gasteiger partial charge in [-0.3, -0.25) is 0 Å². The average molecular weight is 217 g/mol. The van der Waals surface area contributed by atoms with Crippen molar-refractivity contribution in [3.05, 3.63) is 10.5 Å². The molecule has 1 heterocycles. The quantitative estimate of drug-likeness (QED) is 0.835. The fraction of sp³-hybridized carbons (Fsp3) is 0.667. The molecule has 1 fully saturated rings. The largest absolute Gasteiger partial charge is 0.359 e. The van der Waals surface area contributed by atoms with Gasteiger partial charge in [0.1, 0.15) is 5.15 Å². The second-order valence-corrected chi connectivity index (χ2v) is 4.95. The lowest BCUT2D eigenvalue weighted by atomic mass is 10.2. The summed E-state index contributed by atoms with van der Waals surface area (Å²) in [5, 5.41) is 6.74. The molecule has 0 radical (unpaired) electrons. The molecule has 1 aromatic heterocycles. The van der Waals surface area contributed by atoms with Gasteiger partial charge in [0.2, 0.25) is 0 Å². The van der Waals surface area contributed by atoms with Crippen LogP contribution in [0.3, 0.4) is 0 Å². The monoisotopic (exact) mass is 216 g/mol. The third-order valence-corrected chi connectivity index (χ3v) is 3.33. The molecular formula is C9H13ClN2S. The third-order valence-electron chi connectivity index (χ3n) is 2.23. The molecule has 0 spiro atoms. The van der Waals surface area contributed by atoms with Crippen LogP contribution in [-0.2, 0) is 0 Å². The van der Waals surface area contributed by atoms with Crippen molar-refractivity contribution < 1.29 is 0 Å². The Labute approximate surface area is 87.3 Å².